The first kappa shape index (κ1) is 30.4. The first-order valence-corrected chi connectivity index (χ1v) is 9.93. The molecule has 0 radical (unpaired) electrons. The second kappa shape index (κ2) is 15.1. The molecule has 0 aliphatic carbocycles. The monoisotopic (exact) mass is 427 g/mol. The lowest BCUT2D eigenvalue weighted by molar-refractivity contribution is 0.794. The molecule has 4 aromatic rings. The third-order valence-corrected chi connectivity index (χ3v) is 4.45. The quantitative estimate of drug-likeness (QED) is 0.308. The van der Waals surface area contributed by atoms with Crippen molar-refractivity contribution in [2.75, 3.05) is 0 Å². The molecule has 1 aromatic carbocycles. The molecule has 0 aliphatic heterocycles. The van der Waals surface area contributed by atoms with E-state index in [4.69, 9.17) is 0 Å². The van der Waals surface area contributed by atoms with Gasteiger partial charge in [-0.1, -0.05) is 82.0 Å². The zero-order valence-electron chi connectivity index (χ0n) is 17.8. The number of nitrogens with one attached hydrogen (secondary N) is 3. The van der Waals surface area contributed by atoms with E-state index in [1.165, 1.54) is 22.2 Å². The minimum atomic E-state index is 0. The van der Waals surface area contributed by atoms with Crippen LogP contribution in [0.25, 0.3) is 10.9 Å². The van der Waals surface area contributed by atoms with Crippen LogP contribution < -0.4 is 0 Å². The molecule has 5 nitrogen and oxygen atoms in total. The van der Waals surface area contributed by atoms with E-state index in [1.807, 2.05) is 12.4 Å². The molecular formula is C26H45N5. The molecule has 3 heterocycles. The highest BCUT2D eigenvalue weighted by Gasteiger charge is 2.05. The van der Waals surface area contributed by atoms with Crippen LogP contribution in [-0.2, 0) is 0 Å². The van der Waals surface area contributed by atoms with E-state index in [-0.39, 0.29) is 22.3 Å². The molecule has 0 saturated heterocycles. The van der Waals surface area contributed by atoms with E-state index in [0.717, 1.165) is 5.82 Å². The smallest absolute Gasteiger partial charge is 0.108 e. The Balaban J connectivity index is 0. The summed E-state index contributed by atoms with van der Waals surface area (Å²) in [5.41, 5.74) is 3.84. The Kier molecular flexibility index (Phi) is 14.7. The molecular weight excluding hydrogens is 382 g/mol. The van der Waals surface area contributed by atoms with Gasteiger partial charge < -0.3 is 15.0 Å². The number of nitrogens with zero attached hydrogens (tertiary/aromatic N) is 2. The van der Waals surface area contributed by atoms with E-state index in [2.05, 4.69) is 96.9 Å². The van der Waals surface area contributed by atoms with Gasteiger partial charge in [0.15, 0.2) is 0 Å². The normalized spacial score (nSPS) is 9.71. The second-order valence-corrected chi connectivity index (χ2v) is 7.74. The molecule has 0 aliphatic rings. The Morgan fingerprint density at radius 3 is 1.87 bits per heavy atom. The molecule has 0 atom stereocenters. The number of hydrogen-bond acceptors (Lipinski definition) is 2. The molecule has 31 heavy (non-hydrogen) atoms. The third kappa shape index (κ3) is 9.24. The maximum atomic E-state index is 4.06. The van der Waals surface area contributed by atoms with Crippen molar-refractivity contribution in [1.29, 1.82) is 0 Å². The van der Waals surface area contributed by atoms with Gasteiger partial charge in [-0.25, -0.2) is 9.97 Å². The zero-order chi connectivity index (χ0) is 20.5. The lowest BCUT2D eigenvalue weighted by atomic mass is 10.0. The van der Waals surface area contributed by atoms with Crippen LogP contribution in [0.5, 0.6) is 0 Å². The van der Waals surface area contributed by atoms with Gasteiger partial charge in [0.05, 0.1) is 6.33 Å². The molecule has 4 rings (SSSR count). The highest BCUT2D eigenvalue weighted by Crippen LogP contribution is 2.24. The molecule has 0 amide bonds. The molecule has 0 unspecified atom stereocenters. The second-order valence-electron chi connectivity index (χ2n) is 7.74. The van der Waals surface area contributed by atoms with Crippen molar-refractivity contribution in [3.63, 3.8) is 0 Å². The van der Waals surface area contributed by atoms with Crippen LogP contribution in [-0.4, -0.2) is 24.9 Å². The number of benzene rings is 1. The van der Waals surface area contributed by atoms with Crippen LogP contribution in [0.2, 0.25) is 0 Å². The number of rotatable bonds is 3. The Morgan fingerprint density at radius 2 is 1.45 bits per heavy atom. The number of H-pyrrole nitrogens is 3. The minimum Gasteiger partial charge on any atom is -0.361 e. The van der Waals surface area contributed by atoms with Gasteiger partial charge in [0, 0.05) is 47.3 Å². The van der Waals surface area contributed by atoms with Gasteiger partial charge in [0.1, 0.15) is 5.82 Å². The first-order valence-electron chi connectivity index (χ1n) is 9.93. The minimum absolute atomic E-state index is 0. The molecule has 3 aromatic heterocycles. The summed E-state index contributed by atoms with van der Waals surface area (Å²) in [7, 11) is 0. The highest BCUT2D eigenvalue weighted by molar-refractivity contribution is 5.83. The average Bonchev–Trinajstić information content (AvgIpc) is 3.44. The Morgan fingerprint density at radius 1 is 0.774 bits per heavy atom. The number of imidazole rings is 2. The van der Waals surface area contributed by atoms with Gasteiger partial charge in [-0.2, -0.15) is 0 Å². The van der Waals surface area contributed by atoms with Crippen LogP contribution in [0, 0.1) is 0 Å². The van der Waals surface area contributed by atoms with Gasteiger partial charge >= 0.3 is 0 Å². The summed E-state index contributed by atoms with van der Waals surface area (Å²) in [6.07, 6.45) is 9.28. The van der Waals surface area contributed by atoms with Crippen molar-refractivity contribution in [3.8, 4) is 0 Å². The molecule has 0 spiro atoms. The predicted octanol–water partition coefficient (Wildman–Crippen LogP) is 8.27. The van der Waals surface area contributed by atoms with Crippen molar-refractivity contribution in [1.82, 2.24) is 24.9 Å². The first-order chi connectivity index (χ1) is 13.4. The predicted molar refractivity (Wildman–Crippen MR) is 138 cm³/mol. The van der Waals surface area contributed by atoms with Crippen LogP contribution in [0.4, 0.5) is 0 Å². The van der Waals surface area contributed by atoms with Crippen molar-refractivity contribution in [2.24, 2.45) is 0 Å². The number of aromatic nitrogens is 5. The van der Waals surface area contributed by atoms with Gasteiger partial charge in [-0.15, -0.1) is 0 Å². The summed E-state index contributed by atoms with van der Waals surface area (Å²) < 4.78 is 0. The number of aromatic amines is 3. The third-order valence-electron chi connectivity index (χ3n) is 4.45. The average molecular weight is 428 g/mol. The van der Waals surface area contributed by atoms with Gasteiger partial charge in [0.2, 0.25) is 0 Å². The standard InChI is InChI=1S/C11H13N.2C6H10N2.3CH4/c1-8(2)10-7-12-11-6-4-3-5-9(10)11;1-5(2)6-3-7-4-8-6;1-5(2)6-7-3-4-8-6;;;/h3-8,12H,1-2H3;2*3-5H,1-2H3,(H,7,8);3*1H4. The maximum Gasteiger partial charge on any atom is 0.108 e. The zero-order valence-corrected chi connectivity index (χ0v) is 17.8. The van der Waals surface area contributed by atoms with E-state index < -0.39 is 0 Å². The number of hydrogen-bond donors (Lipinski definition) is 3. The topological polar surface area (TPSA) is 73.2 Å². The van der Waals surface area contributed by atoms with Crippen LogP contribution in [0.15, 0.2) is 55.4 Å². The Hall–Kier alpha value is -2.82. The number of fused-ring (bicyclic) bond motifs is 1. The van der Waals surface area contributed by atoms with Gasteiger partial charge in [0.25, 0.3) is 0 Å². The molecule has 3 N–H and O–H groups in total. The SMILES string of the molecule is C.C.C.CC(C)c1c[nH]c2ccccc12.CC(C)c1cnc[nH]1.CC(C)c1ncc[nH]1. The van der Waals surface area contributed by atoms with Crippen LogP contribution in [0.3, 0.4) is 0 Å². The lowest BCUT2D eigenvalue weighted by Gasteiger charge is -2.00. The van der Waals surface area contributed by atoms with Crippen molar-refractivity contribution < 1.29 is 0 Å². The van der Waals surface area contributed by atoms with E-state index in [1.54, 1.807) is 12.5 Å². The fourth-order valence-corrected chi connectivity index (χ4v) is 2.75. The highest BCUT2D eigenvalue weighted by atomic mass is 14.9. The van der Waals surface area contributed by atoms with Gasteiger partial charge in [-0.05, 0) is 23.5 Å². The molecule has 174 valence electrons. The van der Waals surface area contributed by atoms with Crippen molar-refractivity contribution in [3.05, 3.63) is 72.5 Å². The summed E-state index contributed by atoms with van der Waals surface area (Å²) in [5, 5.41) is 1.35. The Labute approximate surface area is 190 Å². The molecule has 0 saturated carbocycles. The summed E-state index contributed by atoms with van der Waals surface area (Å²) in [5.74, 6) is 2.74. The summed E-state index contributed by atoms with van der Waals surface area (Å²) in [6.45, 7) is 12.9. The fraction of sp³-hybridized carbons (Fsp3) is 0.462. The van der Waals surface area contributed by atoms with Crippen molar-refractivity contribution in [2.45, 2.75) is 81.6 Å². The van der Waals surface area contributed by atoms with E-state index >= 15 is 0 Å². The maximum absolute atomic E-state index is 4.06. The summed E-state index contributed by atoms with van der Waals surface area (Å²) >= 11 is 0. The van der Waals surface area contributed by atoms with Crippen LogP contribution in [0.1, 0.15) is 98.7 Å². The van der Waals surface area contributed by atoms with E-state index in [9.17, 15) is 0 Å². The van der Waals surface area contributed by atoms with Crippen molar-refractivity contribution >= 4 is 10.9 Å². The van der Waals surface area contributed by atoms with E-state index in [0.29, 0.717) is 17.8 Å². The molecule has 5 heteroatoms. The number of para-hydroxylation sites is 1. The van der Waals surface area contributed by atoms with Crippen LogP contribution >= 0.6 is 0 Å². The molecule has 0 fully saturated rings. The summed E-state index contributed by atoms with van der Waals surface area (Å²) in [6, 6.07) is 8.42. The lowest BCUT2D eigenvalue weighted by Crippen LogP contribution is -1.87. The largest absolute Gasteiger partial charge is 0.361 e. The fourth-order valence-electron chi connectivity index (χ4n) is 2.75. The molecule has 0 bridgehead atoms. The van der Waals surface area contributed by atoms with Gasteiger partial charge in [-0.3, -0.25) is 0 Å². The summed E-state index contributed by atoms with van der Waals surface area (Å²) in [4.78, 5) is 17.3. The Bertz CT molecular complexity index is 862.